The lowest BCUT2D eigenvalue weighted by Crippen LogP contribution is -1.97. The van der Waals surface area contributed by atoms with Crippen molar-refractivity contribution in [2.45, 2.75) is 0 Å². The monoisotopic (exact) mass is 331 g/mol. The summed E-state index contributed by atoms with van der Waals surface area (Å²) in [6.07, 6.45) is 2.50. The molecule has 6 nitrogen and oxygen atoms in total. The fourth-order valence-electron chi connectivity index (χ4n) is 1.22. The molecule has 2 rings (SSSR count). The Bertz CT molecular complexity index is 654. The molecule has 1 aromatic heterocycles. The van der Waals surface area contributed by atoms with E-state index in [1.165, 1.54) is 6.20 Å². The highest BCUT2D eigenvalue weighted by Crippen LogP contribution is 2.31. The Hall–Kier alpha value is -2.16. The van der Waals surface area contributed by atoms with E-state index >= 15 is 0 Å². The predicted molar refractivity (Wildman–Crippen MR) is 62.8 cm³/mol. The zero-order chi connectivity index (χ0) is 14.0. The van der Waals surface area contributed by atoms with Crippen molar-refractivity contribution < 1.29 is 18.4 Å². The number of benzene rings is 1. The van der Waals surface area contributed by atoms with E-state index in [1.807, 2.05) is 0 Å². The van der Waals surface area contributed by atoms with Crippen LogP contribution in [0, 0.1) is 21.7 Å². The largest absolute Gasteiger partial charge is 0.435 e. The zero-order valence-electron chi connectivity index (χ0n) is 9.01. The quantitative estimate of drug-likeness (QED) is 0.637. The van der Waals surface area contributed by atoms with E-state index in [0.29, 0.717) is 16.6 Å². The summed E-state index contributed by atoms with van der Waals surface area (Å²) in [6, 6.07) is 1.03. The van der Waals surface area contributed by atoms with Crippen molar-refractivity contribution in [3.8, 4) is 11.6 Å². The van der Waals surface area contributed by atoms with E-state index in [0.717, 1.165) is 6.33 Å². The molecule has 0 amide bonds. The standard InChI is InChI=1S/C10H4BrF2N3O3/c11-5-3-14-4-15-10(5)19-9-2-6(12)8(16(17)18)1-7(9)13/h1-4H. The molecule has 0 saturated heterocycles. The van der Waals surface area contributed by atoms with Crippen LogP contribution < -0.4 is 4.74 Å². The van der Waals surface area contributed by atoms with Crippen LogP contribution in [0.1, 0.15) is 0 Å². The highest BCUT2D eigenvalue weighted by Gasteiger charge is 2.20. The summed E-state index contributed by atoms with van der Waals surface area (Å²) in [5.74, 6) is -2.82. The molecule has 0 fully saturated rings. The maximum absolute atomic E-state index is 13.6. The number of nitrogens with zero attached hydrogens (tertiary/aromatic N) is 3. The lowest BCUT2D eigenvalue weighted by atomic mass is 10.3. The van der Waals surface area contributed by atoms with Crippen molar-refractivity contribution in [1.82, 2.24) is 9.97 Å². The minimum atomic E-state index is -1.20. The number of nitro groups is 1. The third kappa shape index (κ3) is 2.81. The van der Waals surface area contributed by atoms with Crippen LogP contribution in [-0.4, -0.2) is 14.9 Å². The van der Waals surface area contributed by atoms with Crippen LogP contribution in [0.5, 0.6) is 11.6 Å². The fourth-order valence-corrected chi connectivity index (χ4v) is 1.52. The summed E-state index contributed by atoms with van der Waals surface area (Å²) >= 11 is 3.06. The van der Waals surface area contributed by atoms with Crippen molar-refractivity contribution in [2.75, 3.05) is 0 Å². The first-order valence-electron chi connectivity index (χ1n) is 4.76. The number of rotatable bonds is 3. The average molecular weight is 332 g/mol. The number of nitro benzene ring substituents is 1. The van der Waals surface area contributed by atoms with Crippen molar-refractivity contribution in [1.29, 1.82) is 0 Å². The van der Waals surface area contributed by atoms with Gasteiger partial charge < -0.3 is 4.74 Å². The van der Waals surface area contributed by atoms with Crippen LogP contribution in [0.3, 0.4) is 0 Å². The molecule has 0 aliphatic rings. The van der Waals surface area contributed by atoms with Gasteiger partial charge >= 0.3 is 5.69 Å². The summed E-state index contributed by atoms with van der Waals surface area (Å²) in [4.78, 5) is 16.8. The zero-order valence-corrected chi connectivity index (χ0v) is 10.6. The molecule has 0 aliphatic heterocycles. The first-order valence-corrected chi connectivity index (χ1v) is 5.55. The molecule has 0 radical (unpaired) electrons. The molecule has 0 atom stereocenters. The van der Waals surface area contributed by atoms with Gasteiger partial charge in [-0.1, -0.05) is 0 Å². The van der Waals surface area contributed by atoms with E-state index < -0.39 is 28.0 Å². The molecule has 0 spiro atoms. The maximum Gasteiger partial charge on any atom is 0.307 e. The molecule has 0 unspecified atom stereocenters. The lowest BCUT2D eigenvalue weighted by Gasteiger charge is -2.07. The Morgan fingerprint density at radius 3 is 2.68 bits per heavy atom. The molecule has 1 aromatic carbocycles. The molecular weight excluding hydrogens is 328 g/mol. The molecule has 2 aromatic rings. The summed E-state index contributed by atoms with van der Waals surface area (Å²) in [5, 5.41) is 10.4. The minimum Gasteiger partial charge on any atom is -0.435 e. The predicted octanol–water partition coefficient (Wildman–Crippen LogP) is 3.22. The van der Waals surface area contributed by atoms with E-state index in [9.17, 15) is 18.9 Å². The fraction of sp³-hybridized carbons (Fsp3) is 0. The number of aromatic nitrogens is 2. The van der Waals surface area contributed by atoms with Gasteiger partial charge in [0.15, 0.2) is 11.6 Å². The molecule has 9 heteroatoms. The van der Waals surface area contributed by atoms with Gasteiger partial charge in [0.05, 0.1) is 15.5 Å². The van der Waals surface area contributed by atoms with Crippen molar-refractivity contribution >= 4 is 21.6 Å². The van der Waals surface area contributed by atoms with Gasteiger partial charge in [0.25, 0.3) is 0 Å². The highest BCUT2D eigenvalue weighted by atomic mass is 79.9. The van der Waals surface area contributed by atoms with Crippen molar-refractivity contribution in [3.63, 3.8) is 0 Å². The third-order valence-corrected chi connectivity index (χ3v) is 2.58. The minimum absolute atomic E-state index is 0.0397. The molecular formula is C10H4BrF2N3O3. The Balaban J connectivity index is 2.39. The van der Waals surface area contributed by atoms with Crippen LogP contribution in [0.2, 0.25) is 0 Å². The van der Waals surface area contributed by atoms with E-state index in [4.69, 9.17) is 4.74 Å². The topological polar surface area (TPSA) is 78.2 Å². The van der Waals surface area contributed by atoms with Gasteiger partial charge in [-0.15, -0.1) is 0 Å². The van der Waals surface area contributed by atoms with Crippen molar-refractivity contribution in [2.24, 2.45) is 0 Å². The van der Waals surface area contributed by atoms with Crippen LogP contribution in [0.15, 0.2) is 29.1 Å². The first-order chi connectivity index (χ1) is 8.99. The van der Waals surface area contributed by atoms with Crippen molar-refractivity contribution in [3.05, 3.63) is 50.9 Å². The highest BCUT2D eigenvalue weighted by molar-refractivity contribution is 9.10. The first kappa shape index (κ1) is 13.3. The van der Waals surface area contributed by atoms with Gasteiger partial charge in [-0.3, -0.25) is 10.1 Å². The Morgan fingerprint density at radius 2 is 2.05 bits per heavy atom. The van der Waals surface area contributed by atoms with E-state index in [2.05, 4.69) is 25.9 Å². The average Bonchev–Trinajstić information content (AvgIpc) is 2.35. The van der Waals surface area contributed by atoms with Gasteiger partial charge in [-0.05, 0) is 15.9 Å². The van der Waals surface area contributed by atoms with Gasteiger partial charge in [0.1, 0.15) is 6.33 Å². The van der Waals surface area contributed by atoms with E-state index in [1.54, 1.807) is 0 Å². The van der Waals surface area contributed by atoms with Gasteiger partial charge in [0, 0.05) is 12.3 Å². The van der Waals surface area contributed by atoms with Crippen LogP contribution in [0.4, 0.5) is 14.5 Å². The molecule has 1 heterocycles. The second kappa shape index (κ2) is 5.22. The van der Waals surface area contributed by atoms with Gasteiger partial charge in [0.2, 0.25) is 11.7 Å². The van der Waals surface area contributed by atoms with Crippen LogP contribution in [-0.2, 0) is 0 Å². The second-order valence-electron chi connectivity index (χ2n) is 3.27. The molecule has 19 heavy (non-hydrogen) atoms. The summed E-state index contributed by atoms with van der Waals surface area (Å²) < 4.78 is 32.3. The Kier molecular flexibility index (Phi) is 3.65. The van der Waals surface area contributed by atoms with Crippen LogP contribution >= 0.6 is 15.9 Å². The number of ether oxygens (including phenoxy) is 1. The second-order valence-corrected chi connectivity index (χ2v) is 4.12. The maximum atomic E-state index is 13.6. The normalized spacial score (nSPS) is 10.3. The molecule has 0 aliphatic carbocycles. The Labute approximate surface area is 113 Å². The number of hydrogen-bond donors (Lipinski definition) is 0. The summed E-state index contributed by atoms with van der Waals surface area (Å²) in [5.41, 5.74) is -0.966. The molecule has 98 valence electrons. The molecule has 0 saturated carbocycles. The Morgan fingerprint density at radius 1 is 1.32 bits per heavy atom. The smallest absolute Gasteiger partial charge is 0.307 e. The summed E-state index contributed by atoms with van der Waals surface area (Å²) in [7, 11) is 0. The van der Waals surface area contributed by atoms with E-state index in [-0.39, 0.29) is 5.88 Å². The van der Waals surface area contributed by atoms with Gasteiger partial charge in [-0.2, -0.15) is 4.39 Å². The third-order valence-electron chi connectivity index (χ3n) is 2.04. The molecule has 0 N–H and O–H groups in total. The summed E-state index contributed by atoms with van der Waals surface area (Å²) in [6.45, 7) is 0. The number of halogens is 3. The van der Waals surface area contributed by atoms with Gasteiger partial charge in [-0.25, -0.2) is 14.4 Å². The number of hydrogen-bond acceptors (Lipinski definition) is 5. The van der Waals surface area contributed by atoms with Crippen LogP contribution in [0.25, 0.3) is 0 Å². The lowest BCUT2D eigenvalue weighted by molar-refractivity contribution is -0.387. The molecule has 0 bridgehead atoms. The SMILES string of the molecule is O=[N+]([O-])c1cc(F)c(Oc2ncncc2Br)cc1F.